The van der Waals surface area contributed by atoms with Gasteiger partial charge in [-0.15, -0.1) is 0 Å². The van der Waals surface area contributed by atoms with Crippen LogP contribution in [0, 0.1) is 15.9 Å². The van der Waals surface area contributed by atoms with Crippen molar-refractivity contribution in [2.45, 2.75) is 13.2 Å². The van der Waals surface area contributed by atoms with E-state index in [0.29, 0.717) is 0 Å². The SMILES string of the molecule is O=[N+]([O-])c1ncc(Cl)cc1COCc1ncccc1F. The Balaban J connectivity index is 2.06. The van der Waals surface area contributed by atoms with Crippen molar-refractivity contribution in [2.75, 3.05) is 0 Å². The van der Waals surface area contributed by atoms with E-state index in [2.05, 4.69) is 9.97 Å². The van der Waals surface area contributed by atoms with Gasteiger partial charge in [0.1, 0.15) is 11.5 Å². The molecule has 104 valence electrons. The van der Waals surface area contributed by atoms with E-state index in [1.807, 2.05) is 0 Å². The summed E-state index contributed by atoms with van der Waals surface area (Å²) in [5, 5.41) is 11.1. The van der Waals surface area contributed by atoms with Crippen molar-refractivity contribution < 1.29 is 14.1 Å². The van der Waals surface area contributed by atoms with E-state index in [9.17, 15) is 14.5 Å². The second-order valence-corrected chi connectivity index (χ2v) is 4.25. The zero-order valence-electron chi connectivity index (χ0n) is 10.1. The molecule has 0 bridgehead atoms. The molecule has 0 aromatic carbocycles. The highest BCUT2D eigenvalue weighted by Crippen LogP contribution is 2.20. The van der Waals surface area contributed by atoms with Crippen molar-refractivity contribution in [2.24, 2.45) is 0 Å². The molecule has 2 aromatic rings. The molecule has 0 saturated heterocycles. The quantitative estimate of drug-likeness (QED) is 0.626. The molecule has 20 heavy (non-hydrogen) atoms. The summed E-state index contributed by atoms with van der Waals surface area (Å²) < 4.78 is 18.5. The van der Waals surface area contributed by atoms with E-state index in [1.54, 1.807) is 0 Å². The molecule has 0 aliphatic heterocycles. The fourth-order valence-corrected chi connectivity index (χ4v) is 1.71. The van der Waals surface area contributed by atoms with E-state index >= 15 is 0 Å². The van der Waals surface area contributed by atoms with Crippen LogP contribution in [-0.2, 0) is 18.0 Å². The van der Waals surface area contributed by atoms with Crippen molar-refractivity contribution in [3.05, 3.63) is 62.8 Å². The standard InChI is InChI=1S/C12H9ClFN3O3/c13-9-4-8(12(16-5-9)17(18)19)6-20-7-11-10(14)2-1-3-15-11/h1-5H,6-7H2. The molecule has 8 heteroatoms. The van der Waals surface area contributed by atoms with Gasteiger partial charge in [0.25, 0.3) is 0 Å². The second kappa shape index (κ2) is 6.36. The van der Waals surface area contributed by atoms with Gasteiger partial charge in [-0.2, -0.15) is 0 Å². The molecular weight excluding hydrogens is 289 g/mol. The van der Waals surface area contributed by atoms with Gasteiger partial charge in [0.05, 0.1) is 23.8 Å². The highest BCUT2D eigenvalue weighted by atomic mass is 35.5. The van der Waals surface area contributed by atoms with Gasteiger partial charge in [0.2, 0.25) is 0 Å². The Labute approximate surface area is 118 Å². The molecule has 0 atom stereocenters. The van der Waals surface area contributed by atoms with Crippen LogP contribution in [0.1, 0.15) is 11.3 Å². The average molecular weight is 298 g/mol. The van der Waals surface area contributed by atoms with E-state index in [-0.39, 0.29) is 35.3 Å². The van der Waals surface area contributed by atoms with Gasteiger partial charge in [-0.05, 0) is 28.1 Å². The van der Waals surface area contributed by atoms with Crippen molar-refractivity contribution in [3.63, 3.8) is 0 Å². The Morgan fingerprint density at radius 1 is 1.40 bits per heavy atom. The molecule has 0 spiro atoms. The highest BCUT2D eigenvalue weighted by Gasteiger charge is 2.16. The predicted molar refractivity (Wildman–Crippen MR) is 68.6 cm³/mol. The molecule has 0 amide bonds. The van der Waals surface area contributed by atoms with Gasteiger partial charge in [-0.3, -0.25) is 4.98 Å². The Morgan fingerprint density at radius 3 is 2.90 bits per heavy atom. The molecule has 0 fully saturated rings. The van der Waals surface area contributed by atoms with Crippen LogP contribution in [-0.4, -0.2) is 14.9 Å². The topological polar surface area (TPSA) is 78.2 Å². The minimum atomic E-state index is -0.629. The minimum absolute atomic E-state index is 0.101. The maximum atomic E-state index is 13.3. The van der Waals surface area contributed by atoms with Crippen molar-refractivity contribution in [3.8, 4) is 0 Å². The molecular formula is C12H9ClFN3O3. The summed E-state index contributed by atoms with van der Waals surface area (Å²) in [6.07, 6.45) is 2.62. The van der Waals surface area contributed by atoms with E-state index in [1.165, 1.54) is 30.6 Å². The molecule has 0 N–H and O–H groups in total. The van der Waals surface area contributed by atoms with Gasteiger partial charge >= 0.3 is 5.82 Å². The monoisotopic (exact) mass is 297 g/mol. The van der Waals surface area contributed by atoms with Gasteiger partial charge < -0.3 is 14.9 Å². The smallest absolute Gasteiger partial charge is 0.369 e. The fraction of sp³-hybridized carbons (Fsp3) is 0.167. The first-order chi connectivity index (χ1) is 9.58. The fourth-order valence-electron chi connectivity index (χ4n) is 1.53. The Morgan fingerprint density at radius 2 is 2.20 bits per heavy atom. The van der Waals surface area contributed by atoms with E-state index < -0.39 is 10.7 Å². The van der Waals surface area contributed by atoms with Crippen LogP contribution in [0.25, 0.3) is 0 Å². The number of halogens is 2. The largest absolute Gasteiger partial charge is 0.370 e. The summed E-state index contributed by atoms with van der Waals surface area (Å²) in [5.41, 5.74) is 0.351. The average Bonchev–Trinajstić information content (AvgIpc) is 2.41. The van der Waals surface area contributed by atoms with Crippen molar-refractivity contribution >= 4 is 17.4 Å². The second-order valence-electron chi connectivity index (χ2n) is 3.82. The molecule has 2 aromatic heterocycles. The number of hydrogen-bond donors (Lipinski definition) is 0. The van der Waals surface area contributed by atoms with Crippen LogP contribution >= 0.6 is 11.6 Å². The third-order valence-corrected chi connectivity index (χ3v) is 2.62. The lowest BCUT2D eigenvalue weighted by Gasteiger charge is -2.05. The van der Waals surface area contributed by atoms with Crippen LogP contribution < -0.4 is 0 Å². The molecule has 0 aliphatic rings. The zero-order chi connectivity index (χ0) is 14.5. The summed E-state index contributed by atoms with van der Waals surface area (Å²) >= 11 is 5.73. The Bertz CT molecular complexity index is 639. The van der Waals surface area contributed by atoms with Crippen LogP contribution in [0.2, 0.25) is 5.02 Å². The first kappa shape index (κ1) is 14.3. The number of nitro groups is 1. The lowest BCUT2D eigenvalue weighted by atomic mass is 10.2. The number of hydrogen-bond acceptors (Lipinski definition) is 5. The number of ether oxygens (including phenoxy) is 1. The Hall–Kier alpha value is -2.12. The third-order valence-electron chi connectivity index (χ3n) is 2.41. The first-order valence-corrected chi connectivity index (χ1v) is 5.91. The lowest BCUT2D eigenvalue weighted by molar-refractivity contribution is -0.390. The predicted octanol–water partition coefficient (Wildman–Crippen LogP) is 2.89. The maximum absolute atomic E-state index is 13.3. The van der Waals surface area contributed by atoms with Gasteiger partial charge in [0.15, 0.2) is 6.20 Å². The van der Waals surface area contributed by atoms with Crippen LogP contribution in [0.4, 0.5) is 10.2 Å². The highest BCUT2D eigenvalue weighted by molar-refractivity contribution is 6.30. The van der Waals surface area contributed by atoms with Crippen LogP contribution in [0.5, 0.6) is 0 Å². The molecule has 0 radical (unpaired) electrons. The van der Waals surface area contributed by atoms with Gasteiger partial charge in [0, 0.05) is 6.20 Å². The normalized spacial score (nSPS) is 10.5. The summed E-state index contributed by atoms with van der Waals surface area (Å²) in [5.74, 6) is -0.831. The zero-order valence-corrected chi connectivity index (χ0v) is 10.9. The van der Waals surface area contributed by atoms with Crippen LogP contribution in [0.15, 0.2) is 30.6 Å². The minimum Gasteiger partial charge on any atom is -0.370 e. The molecule has 6 nitrogen and oxygen atoms in total. The molecule has 2 rings (SSSR count). The molecule has 0 aliphatic carbocycles. The lowest BCUT2D eigenvalue weighted by Crippen LogP contribution is -2.03. The summed E-state index contributed by atoms with van der Waals surface area (Å²) in [4.78, 5) is 17.6. The number of aromatic nitrogens is 2. The number of pyridine rings is 2. The third kappa shape index (κ3) is 3.46. The summed E-state index contributed by atoms with van der Waals surface area (Å²) in [6, 6.07) is 4.11. The number of nitrogens with zero attached hydrogens (tertiary/aromatic N) is 3. The summed E-state index contributed by atoms with van der Waals surface area (Å²) in [7, 11) is 0. The number of rotatable bonds is 5. The maximum Gasteiger partial charge on any atom is 0.369 e. The van der Waals surface area contributed by atoms with Crippen molar-refractivity contribution in [1.29, 1.82) is 0 Å². The molecule has 0 unspecified atom stereocenters. The summed E-state index contributed by atoms with van der Waals surface area (Å²) in [6.45, 7) is -0.212. The molecule has 2 heterocycles. The van der Waals surface area contributed by atoms with Gasteiger partial charge in [-0.1, -0.05) is 11.6 Å². The van der Waals surface area contributed by atoms with Crippen LogP contribution in [0.3, 0.4) is 0 Å². The van der Waals surface area contributed by atoms with Gasteiger partial charge in [-0.25, -0.2) is 4.39 Å². The molecule has 0 saturated carbocycles. The van der Waals surface area contributed by atoms with E-state index in [4.69, 9.17) is 16.3 Å². The van der Waals surface area contributed by atoms with Crippen molar-refractivity contribution in [1.82, 2.24) is 9.97 Å². The van der Waals surface area contributed by atoms with E-state index in [0.717, 1.165) is 0 Å². The Kier molecular flexibility index (Phi) is 4.54. The first-order valence-electron chi connectivity index (χ1n) is 5.54.